The van der Waals surface area contributed by atoms with Gasteiger partial charge in [0.05, 0.1) is 40.8 Å². The van der Waals surface area contributed by atoms with Crippen LogP contribution in [0.1, 0.15) is 34.1 Å². The number of carbonyl (C=O) groups is 1. The van der Waals surface area contributed by atoms with Gasteiger partial charge in [-0.25, -0.2) is 9.78 Å². The molecule has 1 unspecified atom stereocenters. The molecule has 0 radical (unpaired) electrons. The van der Waals surface area contributed by atoms with E-state index in [2.05, 4.69) is 20.9 Å². The molecular formula is C25H26BrN3O4S. The summed E-state index contributed by atoms with van der Waals surface area (Å²) in [6, 6.07) is 11.7. The van der Waals surface area contributed by atoms with E-state index in [1.807, 2.05) is 46.5 Å². The molecule has 2 aromatic heterocycles. The fourth-order valence-corrected chi connectivity index (χ4v) is 5.80. The minimum atomic E-state index is -1.21. The highest BCUT2D eigenvalue weighted by atomic mass is 79.9. The second-order valence-electron chi connectivity index (χ2n) is 7.94. The summed E-state index contributed by atoms with van der Waals surface area (Å²) in [5, 5.41) is 11.5. The Bertz CT molecular complexity index is 1330. The average molecular weight is 544 g/mol. The Morgan fingerprint density at radius 3 is 2.71 bits per heavy atom. The van der Waals surface area contributed by atoms with Gasteiger partial charge in [0.15, 0.2) is 0 Å². The smallest absolute Gasteiger partial charge is 0.340 e. The number of aromatic hydroxyl groups is 1. The van der Waals surface area contributed by atoms with Crippen LogP contribution in [-0.4, -0.2) is 41.8 Å². The molecule has 0 saturated carbocycles. The predicted molar refractivity (Wildman–Crippen MR) is 136 cm³/mol. The Kier molecular flexibility index (Phi) is 7.53. The molecule has 0 spiro atoms. The topological polar surface area (TPSA) is 86.4 Å². The number of nitrogens with zero attached hydrogens (tertiary/aromatic N) is 3. The van der Waals surface area contributed by atoms with Gasteiger partial charge in [0.25, 0.3) is 0 Å². The molecule has 0 aliphatic heterocycles. The SMILES string of the molecule is CCOC(=O)c1c(CS(=O)CCc2ccccc2)n(C)c2cc(Br)c(O)c(Cn3ccnc3)c12. The molecule has 1 N–H and O–H groups in total. The molecule has 0 saturated heterocycles. The van der Waals surface area contributed by atoms with E-state index in [0.717, 1.165) is 11.1 Å². The number of fused-ring (bicyclic) bond motifs is 1. The number of benzene rings is 2. The number of phenolic OH excluding ortho intramolecular Hbond substituents is 1. The lowest BCUT2D eigenvalue weighted by Gasteiger charge is -2.11. The highest BCUT2D eigenvalue weighted by Crippen LogP contribution is 2.40. The third kappa shape index (κ3) is 4.95. The Hall–Kier alpha value is -2.91. The summed E-state index contributed by atoms with van der Waals surface area (Å²) >= 11 is 3.44. The van der Waals surface area contributed by atoms with Crippen LogP contribution in [0.3, 0.4) is 0 Å². The number of ether oxygens (including phenoxy) is 1. The lowest BCUT2D eigenvalue weighted by Crippen LogP contribution is -2.13. The summed E-state index contributed by atoms with van der Waals surface area (Å²) in [4.78, 5) is 17.2. The first-order chi connectivity index (χ1) is 16.4. The fraction of sp³-hybridized carbons (Fsp3) is 0.280. The van der Waals surface area contributed by atoms with Gasteiger partial charge >= 0.3 is 5.97 Å². The van der Waals surface area contributed by atoms with Gasteiger partial charge in [0.2, 0.25) is 0 Å². The molecule has 0 fully saturated rings. The fourth-order valence-electron chi connectivity index (χ4n) is 4.09. The Labute approximate surface area is 209 Å². The minimum Gasteiger partial charge on any atom is -0.506 e. The summed E-state index contributed by atoms with van der Waals surface area (Å²) in [7, 11) is 0.640. The van der Waals surface area contributed by atoms with Gasteiger partial charge in [0.1, 0.15) is 5.75 Å². The number of carbonyl (C=O) groups excluding carboxylic acids is 1. The molecule has 2 heterocycles. The van der Waals surface area contributed by atoms with Crippen LogP contribution in [0.25, 0.3) is 10.9 Å². The molecule has 1 atom stereocenters. The first-order valence-corrected chi connectivity index (χ1v) is 13.2. The van der Waals surface area contributed by atoms with Gasteiger partial charge in [-0.3, -0.25) is 4.21 Å². The van der Waals surface area contributed by atoms with Crippen molar-refractivity contribution in [1.82, 2.24) is 14.1 Å². The summed E-state index contributed by atoms with van der Waals surface area (Å²) in [5.74, 6) is 0.241. The Morgan fingerprint density at radius 2 is 2.03 bits per heavy atom. The van der Waals surface area contributed by atoms with Crippen LogP contribution in [-0.2, 0) is 41.3 Å². The van der Waals surface area contributed by atoms with Gasteiger partial charge in [-0.15, -0.1) is 0 Å². The maximum atomic E-state index is 13.2. The second kappa shape index (κ2) is 10.6. The number of halogens is 1. The molecule has 9 heteroatoms. The van der Waals surface area contributed by atoms with Gasteiger partial charge in [-0.1, -0.05) is 30.3 Å². The number of hydrogen-bond acceptors (Lipinski definition) is 5. The first-order valence-electron chi connectivity index (χ1n) is 10.9. The standard InChI is InChI=1S/C25H26BrN3O4S/c1-3-33-25(31)23-21(15-34(32)12-9-17-7-5-4-6-8-17)28(2)20-13-19(26)24(30)18(22(20)23)14-29-11-10-27-16-29/h4-8,10-11,13,16,30H,3,9,12,14-15H2,1-2H3. The monoisotopic (exact) mass is 543 g/mol. The molecule has 2 aromatic carbocycles. The van der Waals surface area contributed by atoms with Crippen molar-refractivity contribution in [2.45, 2.75) is 25.6 Å². The van der Waals surface area contributed by atoms with Crippen molar-refractivity contribution in [1.29, 1.82) is 0 Å². The third-order valence-electron chi connectivity index (χ3n) is 5.78. The van der Waals surface area contributed by atoms with Gasteiger partial charge < -0.3 is 19.0 Å². The number of hydrogen-bond donors (Lipinski definition) is 1. The largest absolute Gasteiger partial charge is 0.506 e. The highest BCUT2D eigenvalue weighted by Gasteiger charge is 2.28. The average Bonchev–Trinajstić information content (AvgIpc) is 3.43. The van der Waals surface area contributed by atoms with Crippen molar-refractivity contribution in [2.24, 2.45) is 7.05 Å². The van der Waals surface area contributed by atoms with Gasteiger partial charge in [-0.05, 0) is 40.9 Å². The van der Waals surface area contributed by atoms with E-state index in [0.29, 0.717) is 45.4 Å². The van der Waals surface area contributed by atoms with Crippen LogP contribution in [0.5, 0.6) is 5.75 Å². The number of imidazole rings is 1. The maximum absolute atomic E-state index is 13.2. The maximum Gasteiger partial charge on any atom is 0.340 e. The number of aromatic nitrogens is 3. The quantitative estimate of drug-likeness (QED) is 0.313. The van der Waals surface area contributed by atoms with Gasteiger partial charge in [0, 0.05) is 52.6 Å². The molecule has 4 rings (SSSR count). The van der Waals surface area contributed by atoms with E-state index < -0.39 is 16.8 Å². The van der Waals surface area contributed by atoms with E-state index >= 15 is 0 Å². The normalized spacial score (nSPS) is 12.2. The summed E-state index contributed by atoms with van der Waals surface area (Å²) in [6.07, 6.45) is 5.78. The molecule has 7 nitrogen and oxygen atoms in total. The highest BCUT2D eigenvalue weighted by molar-refractivity contribution is 9.10. The molecule has 0 aliphatic carbocycles. The van der Waals surface area contributed by atoms with Crippen molar-refractivity contribution in [2.75, 3.05) is 12.4 Å². The van der Waals surface area contributed by atoms with E-state index in [-0.39, 0.29) is 18.1 Å². The summed E-state index contributed by atoms with van der Waals surface area (Å²) < 4.78 is 22.7. The van der Waals surface area contributed by atoms with Crippen LogP contribution in [0.2, 0.25) is 0 Å². The van der Waals surface area contributed by atoms with Crippen molar-refractivity contribution < 1.29 is 18.8 Å². The first kappa shape index (κ1) is 24.2. The molecule has 34 heavy (non-hydrogen) atoms. The zero-order valence-corrected chi connectivity index (χ0v) is 21.4. The number of esters is 1. The Balaban J connectivity index is 1.79. The third-order valence-corrected chi connectivity index (χ3v) is 7.64. The Morgan fingerprint density at radius 1 is 1.26 bits per heavy atom. The predicted octanol–water partition coefficient (Wildman–Crippen LogP) is 4.56. The molecule has 178 valence electrons. The van der Waals surface area contributed by atoms with Crippen molar-refractivity contribution in [3.63, 3.8) is 0 Å². The van der Waals surface area contributed by atoms with E-state index in [1.165, 1.54) is 0 Å². The zero-order chi connectivity index (χ0) is 24.2. The van der Waals surface area contributed by atoms with Crippen molar-refractivity contribution in [3.05, 3.63) is 82.0 Å². The van der Waals surface area contributed by atoms with Gasteiger partial charge in [-0.2, -0.15) is 0 Å². The van der Waals surface area contributed by atoms with E-state index in [1.54, 1.807) is 31.7 Å². The zero-order valence-electron chi connectivity index (χ0n) is 19.0. The number of phenols is 1. The summed E-state index contributed by atoms with van der Waals surface area (Å²) in [5.41, 5.74) is 3.42. The van der Waals surface area contributed by atoms with E-state index in [4.69, 9.17) is 4.74 Å². The second-order valence-corrected chi connectivity index (χ2v) is 10.4. The molecule has 0 amide bonds. The molecule has 0 aliphatic rings. The van der Waals surface area contributed by atoms with Crippen LogP contribution in [0.4, 0.5) is 0 Å². The molecule has 4 aromatic rings. The van der Waals surface area contributed by atoms with Crippen LogP contribution < -0.4 is 0 Å². The van der Waals surface area contributed by atoms with Crippen molar-refractivity contribution in [3.8, 4) is 5.75 Å². The molecule has 0 bridgehead atoms. The lowest BCUT2D eigenvalue weighted by molar-refractivity contribution is 0.0527. The molecular weight excluding hydrogens is 518 g/mol. The van der Waals surface area contributed by atoms with Crippen LogP contribution >= 0.6 is 15.9 Å². The van der Waals surface area contributed by atoms with Crippen LogP contribution in [0.15, 0.2) is 59.6 Å². The number of aryl methyl sites for hydroxylation is 2. The lowest BCUT2D eigenvalue weighted by atomic mass is 10.0. The minimum absolute atomic E-state index is 0.0501. The summed E-state index contributed by atoms with van der Waals surface area (Å²) in [6.45, 7) is 2.28. The number of rotatable bonds is 9. The van der Waals surface area contributed by atoms with E-state index in [9.17, 15) is 14.1 Å². The van der Waals surface area contributed by atoms with Crippen molar-refractivity contribution >= 4 is 43.6 Å². The van der Waals surface area contributed by atoms with Crippen LogP contribution in [0, 0.1) is 0 Å².